The van der Waals surface area contributed by atoms with E-state index in [1.54, 1.807) is 19.2 Å². The van der Waals surface area contributed by atoms with E-state index in [0.29, 0.717) is 23.9 Å². The van der Waals surface area contributed by atoms with Gasteiger partial charge in [-0.05, 0) is 37.1 Å². The first-order valence-electron chi connectivity index (χ1n) is 6.19. The van der Waals surface area contributed by atoms with Crippen LogP contribution < -0.4 is 10.0 Å². The Morgan fingerprint density at radius 2 is 1.72 bits per heavy atom. The number of hydrogen-bond donors (Lipinski definition) is 2. The van der Waals surface area contributed by atoms with Crippen LogP contribution in [0.4, 0.5) is 0 Å². The van der Waals surface area contributed by atoms with Crippen LogP contribution in [0.15, 0.2) is 29.2 Å². The lowest BCUT2D eigenvalue weighted by Gasteiger charge is -2.08. The minimum Gasteiger partial charge on any atom is -0.318 e. The second kappa shape index (κ2) is 6.87. The highest BCUT2D eigenvalue weighted by molar-refractivity contribution is 7.89. The summed E-state index contributed by atoms with van der Waals surface area (Å²) in [6.45, 7) is 5.30. The van der Waals surface area contributed by atoms with Gasteiger partial charge >= 0.3 is 0 Å². The van der Waals surface area contributed by atoms with Gasteiger partial charge in [-0.15, -0.1) is 0 Å². The van der Waals surface area contributed by atoms with Crippen LogP contribution in [-0.4, -0.2) is 28.6 Å². The van der Waals surface area contributed by atoms with Crippen molar-refractivity contribution in [1.29, 1.82) is 0 Å². The number of likely N-dealkylation sites (N-methyl/N-ethyl adjacent to an activating group) is 1. The normalized spacial score (nSPS) is 12.0. The van der Waals surface area contributed by atoms with E-state index in [-0.39, 0.29) is 0 Å². The summed E-state index contributed by atoms with van der Waals surface area (Å²) in [5.74, 6) is 0.571. The molecule has 0 saturated carbocycles. The van der Waals surface area contributed by atoms with E-state index in [2.05, 4.69) is 23.9 Å². The maximum atomic E-state index is 11.9. The zero-order valence-corrected chi connectivity index (χ0v) is 12.0. The van der Waals surface area contributed by atoms with Gasteiger partial charge in [0.25, 0.3) is 0 Å². The zero-order valence-electron chi connectivity index (χ0n) is 11.2. The lowest BCUT2D eigenvalue weighted by Crippen LogP contribution is -2.30. The molecule has 0 aliphatic rings. The summed E-state index contributed by atoms with van der Waals surface area (Å²) in [5.41, 5.74) is 1.17. The average Bonchev–Trinajstić information content (AvgIpc) is 2.29. The predicted molar refractivity (Wildman–Crippen MR) is 74.1 cm³/mol. The number of benzene rings is 1. The number of hydrogen-bond acceptors (Lipinski definition) is 3. The fourth-order valence-corrected chi connectivity index (χ4v) is 2.70. The molecule has 0 aliphatic carbocycles. The molecule has 2 N–H and O–H groups in total. The van der Waals surface area contributed by atoms with E-state index < -0.39 is 10.0 Å². The van der Waals surface area contributed by atoms with Crippen molar-refractivity contribution >= 4 is 10.0 Å². The summed E-state index contributed by atoms with van der Waals surface area (Å²) in [6, 6.07) is 7.10. The Morgan fingerprint density at radius 1 is 1.11 bits per heavy atom. The van der Waals surface area contributed by atoms with Gasteiger partial charge in [0.2, 0.25) is 10.0 Å². The van der Waals surface area contributed by atoms with Gasteiger partial charge in [0.15, 0.2) is 0 Å². The monoisotopic (exact) mass is 270 g/mol. The molecule has 18 heavy (non-hydrogen) atoms. The Morgan fingerprint density at radius 3 is 2.22 bits per heavy atom. The summed E-state index contributed by atoms with van der Waals surface area (Å²) < 4.78 is 26.3. The van der Waals surface area contributed by atoms with Gasteiger partial charge in [0, 0.05) is 13.1 Å². The molecule has 4 nitrogen and oxygen atoms in total. The summed E-state index contributed by atoms with van der Waals surface area (Å²) in [5, 5.41) is 2.90. The maximum absolute atomic E-state index is 11.9. The molecule has 1 rings (SSSR count). The second-order valence-corrected chi connectivity index (χ2v) is 6.51. The summed E-state index contributed by atoms with van der Waals surface area (Å²) in [7, 11) is -1.58. The number of sulfonamides is 1. The third kappa shape index (κ3) is 4.76. The molecule has 0 aromatic heterocycles. The minimum atomic E-state index is -3.37. The highest BCUT2D eigenvalue weighted by atomic mass is 32.2. The van der Waals surface area contributed by atoms with E-state index in [1.165, 1.54) is 5.56 Å². The van der Waals surface area contributed by atoms with Crippen molar-refractivity contribution in [2.24, 2.45) is 5.92 Å². The molecule has 0 saturated heterocycles. The van der Waals surface area contributed by atoms with Crippen molar-refractivity contribution in [1.82, 2.24) is 10.0 Å². The van der Waals surface area contributed by atoms with E-state index in [4.69, 9.17) is 0 Å². The summed E-state index contributed by atoms with van der Waals surface area (Å²) in [4.78, 5) is 0.325. The van der Waals surface area contributed by atoms with Crippen LogP contribution in [-0.2, 0) is 16.4 Å². The summed E-state index contributed by atoms with van der Waals surface area (Å²) in [6.07, 6.45) is 0.966. The molecule has 1 aromatic rings. The molecular formula is C13H22N2O2S. The van der Waals surface area contributed by atoms with Gasteiger partial charge in [-0.25, -0.2) is 13.1 Å². The van der Waals surface area contributed by atoms with E-state index >= 15 is 0 Å². The predicted octanol–water partition coefficient (Wildman–Crippen LogP) is 1.38. The SMILES string of the molecule is CNCCNS(=O)(=O)c1ccc(CC(C)C)cc1. The fourth-order valence-electron chi connectivity index (χ4n) is 1.67. The molecule has 0 fully saturated rings. The van der Waals surface area contributed by atoms with Crippen LogP contribution >= 0.6 is 0 Å². The van der Waals surface area contributed by atoms with Crippen LogP contribution in [0.25, 0.3) is 0 Å². The molecule has 0 bridgehead atoms. The van der Waals surface area contributed by atoms with E-state index in [1.807, 2.05) is 12.1 Å². The van der Waals surface area contributed by atoms with Crippen molar-refractivity contribution in [3.8, 4) is 0 Å². The molecule has 0 aliphatic heterocycles. The van der Waals surface area contributed by atoms with Crippen molar-refractivity contribution in [3.63, 3.8) is 0 Å². The topological polar surface area (TPSA) is 58.2 Å². The molecule has 0 atom stereocenters. The Kier molecular flexibility index (Phi) is 5.78. The molecule has 0 unspecified atom stereocenters. The number of nitrogens with one attached hydrogen (secondary N) is 2. The second-order valence-electron chi connectivity index (χ2n) is 4.74. The standard InChI is InChI=1S/C13H22N2O2S/c1-11(2)10-12-4-6-13(7-5-12)18(16,17)15-9-8-14-3/h4-7,11,14-15H,8-10H2,1-3H3. The maximum Gasteiger partial charge on any atom is 0.240 e. The molecule has 0 heterocycles. The molecule has 1 aromatic carbocycles. The van der Waals surface area contributed by atoms with Crippen LogP contribution in [0.5, 0.6) is 0 Å². The smallest absolute Gasteiger partial charge is 0.240 e. The molecule has 5 heteroatoms. The Balaban J connectivity index is 2.71. The van der Waals surface area contributed by atoms with Crippen LogP contribution in [0, 0.1) is 5.92 Å². The first kappa shape index (κ1) is 15.1. The highest BCUT2D eigenvalue weighted by Crippen LogP contribution is 2.13. The third-order valence-corrected chi connectivity index (χ3v) is 4.02. The van der Waals surface area contributed by atoms with Gasteiger partial charge in [0.05, 0.1) is 4.90 Å². The van der Waals surface area contributed by atoms with Crippen LogP contribution in [0.2, 0.25) is 0 Å². The first-order valence-corrected chi connectivity index (χ1v) is 7.67. The fraction of sp³-hybridized carbons (Fsp3) is 0.538. The Hall–Kier alpha value is -0.910. The largest absolute Gasteiger partial charge is 0.318 e. The van der Waals surface area contributed by atoms with Crippen molar-refractivity contribution in [2.75, 3.05) is 20.1 Å². The van der Waals surface area contributed by atoms with Crippen molar-refractivity contribution < 1.29 is 8.42 Å². The Bertz CT molecular complexity index is 452. The highest BCUT2D eigenvalue weighted by Gasteiger charge is 2.12. The van der Waals surface area contributed by atoms with E-state index in [9.17, 15) is 8.42 Å². The lowest BCUT2D eigenvalue weighted by molar-refractivity contribution is 0.579. The van der Waals surface area contributed by atoms with Crippen LogP contribution in [0.3, 0.4) is 0 Å². The van der Waals surface area contributed by atoms with Gasteiger partial charge in [-0.1, -0.05) is 26.0 Å². The quantitative estimate of drug-likeness (QED) is 0.736. The van der Waals surface area contributed by atoms with Crippen LogP contribution in [0.1, 0.15) is 19.4 Å². The summed E-state index contributed by atoms with van der Waals surface area (Å²) >= 11 is 0. The van der Waals surface area contributed by atoms with E-state index in [0.717, 1.165) is 6.42 Å². The number of rotatable bonds is 7. The van der Waals surface area contributed by atoms with Gasteiger partial charge in [-0.2, -0.15) is 0 Å². The third-order valence-electron chi connectivity index (χ3n) is 2.54. The van der Waals surface area contributed by atoms with Crippen molar-refractivity contribution in [3.05, 3.63) is 29.8 Å². The minimum absolute atomic E-state index is 0.325. The Labute approximate surface area is 110 Å². The molecule has 0 spiro atoms. The van der Waals surface area contributed by atoms with Gasteiger partial charge in [0.1, 0.15) is 0 Å². The molecular weight excluding hydrogens is 248 g/mol. The molecule has 0 amide bonds. The molecule has 102 valence electrons. The zero-order chi connectivity index (χ0) is 13.6. The molecule has 0 radical (unpaired) electrons. The van der Waals surface area contributed by atoms with Gasteiger partial charge < -0.3 is 5.32 Å². The van der Waals surface area contributed by atoms with Crippen molar-refractivity contribution in [2.45, 2.75) is 25.2 Å². The van der Waals surface area contributed by atoms with Gasteiger partial charge in [-0.3, -0.25) is 0 Å². The average molecular weight is 270 g/mol. The first-order chi connectivity index (χ1) is 8.45. The lowest BCUT2D eigenvalue weighted by atomic mass is 10.0.